The van der Waals surface area contributed by atoms with E-state index in [9.17, 15) is 24.4 Å². The molecule has 1 aliphatic heterocycles. The number of imidazole rings is 2. The van der Waals surface area contributed by atoms with Crippen LogP contribution in [0.15, 0.2) is 11.1 Å². The van der Waals surface area contributed by atoms with E-state index in [4.69, 9.17) is 24.5 Å². The quantitative estimate of drug-likeness (QED) is 0.140. The predicted molar refractivity (Wildman–Crippen MR) is 152 cm³/mol. The molecule has 1 fully saturated rings. The van der Waals surface area contributed by atoms with E-state index < -0.39 is 48.5 Å². The number of nitrogen functional groups attached to an aromatic ring is 1. The topological polar surface area (TPSA) is 231 Å². The summed E-state index contributed by atoms with van der Waals surface area (Å²) in [7, 11) is 2.79. The number of ether oxygens (including phenoxy) is 3. The average molecular weight is 631 g/mol. The van der Waals surface area contributed by atoms with Crippen LogP contribution < -0.4 is 21.2 Å². The highest BCUT2D eigenvalue weighted by molar-refractivity contribution is 8.55. The fourth-order valence-corrected chi connectivity index (χ4v) is 8.03. The minimum atomic E-state index is -3.91. The van der Waals surface area contributed by atoms with Crippen molar-refractivity contribution in [3.63, 3.8) is 0 Å². The van der Waals surface area contributed by atoms with Crippen molar-refractivity contribution >= 4 is 41.2 Å². The molecular formula is C23H35N8O9PS. The van der Waals surface area contributed by atoms with Crippen LogP contribution >= 0.6 is 18.1 Å². The van der Waals surface area contributed by atoms with Gasteiger partial charge in [-0.25, -0.2) is 14.9 Å². The first kappa shape index (κ1) is 31.8. The van der Waals surface area contributed by atoms with Crippen molar-refractivity contribution < 1.29 is 38.3 Å². The van der Waals surface area contributed by atoms with Crippen LogP contribution in [0.4, 0.5) is 5.95 Å². The Kier molecular flexibility index (Phi) is 9.25. The molecular weight excluding hydrogens is 595 g/mol. The van der Waals surface area contributed by atoms with Gasteiger partial charge in [-0.15, -0.1) is 0 Å². The zero-order valence-electron chi connectivity index (χ0n) is 23.9. The standard InChI is InChI=1S/C23H35N8O9PS/c1-11(2)39-19(33)12(3)29-41(36,42-9-14-18(32)30(5)22(34)26-14)38-8-13-7-23(4,35)20(40-13)31-10-25-15-16(31)27-21(24)28-17(15)37-6/h10-13,20,32,35H,7-9H2,1-6H3,(H,26,34)(H,29,36)(H2,24,27,28). The fraction of sp³-hybridized carbons (Fsp3) is 0.609. The summed E-state index contributed by atoms with van der Waals surface area (Å²) in [4.78, 5) is 39.3. The van der Waals surface area contributed by atoms with E-state index in [1.807, 2.05) is 0 Å². The Morgan fingerprint density at radius 1 is 1.40 bits per heavy atom. The highest BCUT2D eigenvalue weighted by Crippen LogP contribution is 2.58. The number of carbonyl (C=O) groups excluding carboxylic acids is 1. The molecule has 232 valence electrons. The van der Waals surface area contributed by atoms with Crippen LogP contribution in [0.25, 0.3) is 11.2 Å². The van der Waals surface area contributed by atoms with Crippen molar-refractivity contribution in [2.75, 3.05) is 19.5 Å². The van der Waals surface area contributed by atoms with Gasteiger partial charge in [-0.2, -0.15) is 9.97 Å². The molecule has 0 amide bonds. The van der Waals surface area contributed by atoms with E-state index in [1.54, 1.807) is 20.8 Å². The van der Waals surface area contributed by atoms with Gasteiger partial charge in [-0.05, 0) is 39.1 Å². The van der Waals surface area contributed by atoms with Gasteiger partial charge >= 0.3 is 18.4 Å². The number of fused-ring (bicyclic) bond motifs is 1. The summed E-state index contributed by atoms with van der Waals surface area (Å²) < 4.78 is 38.8. The lowest BCUT2D eigenvalue weighted by Crippen LogP contribution is -2.35. The van der Waals surface area contributed by atoms with Gasteiger partial charge in [-0.3, -0.25) is 18.5 Å². The van der Waals surface area contributed by atoms with Gasteiger partial charge in [0.25, 0.3) is 0 Å². The summed E-state index contributed by atoms with van der Waals surface area (Å²) in [5.41, 5.74) is 4.56. The van der Waals surface area contributed by atoms with E-state index in [2.05, 4.69) is 25.0 Å². The largest absolute Gasteiger partial charge is 0.493 e. The van der Waals surface area contributed by atoms with Crippen molar-refractivity contribution in [1.29, 1.82) is 0 Å². The second-order valence-corrected chi connectivity index (χ2v) is 14.6. The van der Waals surface area contributed by atoms with Crippen molar-refractivity contribution in [3.8, 4) is 11.8 Å². The minimum Gasteiger partial charge on any atom is -0.493 e. The van der Waals surface area contributed by atoms with Gasteiger partial charge in [-0.1, -0.05) is 0 Å². The number of H-pyrrole nitrogens is 1. The number of hydrogen-bond donors (Lipinski definition) is 5. The van der Waals surface area contributed by atoms with Gasteiger partial charge in [0.1, 0.15) is 11.6 Å². The minimum absolute atomic E-state index is 0.0569. The number of aromatic nitrogens is 6. The Labute approximate surface area is 244 Å². The number of nitrogens with one attached hydrogen (secondary N) is 2. The number of methoxy groups -OCH3 is 1. The summed E-state index contributed by atoms with van der Waals surface area (Å²) in [6.07, 6.45) is -0.617. The van der Waals surface area contributed by atoms with E-state index in [-0.39, 0.29) is 47.8 Å². The van der Waals surface area contributed by atoms with Gasteiger partial charge in [0.05, 0.1) is 37.9 Å². The van der Waals surface area contributed by atoms with Gasteiger partial charge in [0.15, 0.2) is 17.4 Å². The molecule has 0 bridgehead atoms. The molecule has 4 rings (SSSR count). The lowest BCUT2D eigenvalue weighted by Gasteiger charge is -2.25. The predicted octanol–water partition coefficient (Wildman–Crippen LogP) is 1.18. The third-order valence-electron chi connectivity index (χ3n) is 6.36. The number of nitrogens with zero attached hydrogens (tertiary/aromatic N) is 5. The lowest BCUT2D eigenvalue weighted by atomic mass is 10.0. The molecule has 5 atom stereocenters. The Balaban J connectivity index is 1.52. The van der Waals surface area contributed by atoms with Crippen LogP contribution in [-0.4, -0.2) is 82.8 Å². The molecule has 0 aliphatic carbocycles. The number of carbonyl (C=O) groups is 1. The summed E-state index contributed by atoms with van der Waals surface area (Å²) in [6, 6.07) is -1.02. The maximum Gasteiger partial charge on any atom is 0.328 e. The van der Waals surface area contributed by atoms with Crippen molar-refractivity contribution in [2.45, 2.75) is 69.9 Å². The number of esters is 1. The first-order valence-corrected chi connectivity index (χ1v) is 16.1. The van der Waals surface area contributed by atoms with E-state index in [1.165, 1.54) is 32.0 Å². The summed E-state index contributed by atoms with van der Waals surface area (Å²) >= 11 is 0.760. The van der Waals surface area contributed by atoms with Crippen molar-refractivity contribution in [3.05, 3.63) is 22.5 Å². The zero-order chi connectivity index (χ0) is 31.0. The molecule has 3 aromatic heterocycles. The Bertz CT molecular complexity index is 1550. The number of aromatic amines is 1. The van der Waals surface area contributed by atoms with E-state index in [0.717, 1.165) is 15.9 Å². The maximum absolute atomic E-state index is 14.0. The number of anilines is 1. The normalized spacial score (nSPS) is 22.9. The van der Waals surface area contributed by atoms with Crippen LogP contribution in [0.2, 0.25) is 0 Å². The summed E-state index contributed by atoms with van der Waals surface area (Å²) in [5, 5.41) is 24.1. The van der Waals surface area contributed by atoms with Crippen molar-refractivity contribution in [2.24, 2.45) is 7.05 Å². The molecule has 0 radical (unpaired) electrons. The maximum atomic E-state index is 14.0. The van der Waals surface area contributed by atoms with E-state index >= 15 is 0 Å². The lowest BCUT2D eigenvalue weighted by molar-refractivity contribution is -0.149. The number of nitrogens with two attached hydrogens (primary N) is 1. The molecule has 1 aliphatic rings. The van der Waals surface area contributed by atoms with Crippen LogP contribution in [0.3, 0.4) is 0 Å². The number of aliphatic hydroxyl groups is 1. The molecule has 6 N–H and O–H groups in total. The first-order valence-electron chi connectivity index (χ1n) is 12.9. The average Bonchev–Trinajstić information content (AvgIpc) is 3.54. The monoisotopic (exact) mass is 630 g/mol. The molecule has 3 aromatic rings. The zero-order valence-corrected chi connectivity index (χ0v) is 25.6. The molecule has 4 heterocycles. The SMILES string of the molecule is COc1nc(N)nc2c1ncn2C1OC(COP(=O)(NC(C)C(=O)OC(C)C)SCc2[nH]c(=O)n(C)c2O)CC1(C)O. The molecule has 19 heteroatoms. The Hall–Kier alpha value is -3.15. The van der Waals surface area contributed by atoms with Gasteiger partial charge in [0, 0.05) is 19.2 Å². The Morgan fingerprint density at radius 3 is 2.74 bits per heavy atom. The third-order valence-corrected chi connectivity index (χ3v) is 10.4. The number of aromatic hydroxyl groups is 1. The van der Waals surface area contributed by atoms with Crippen LogP contribution in [0.1, 0.15) is 46.0 Å². The molecule has 5 unspecified atom stereocenters. The molecule has 1 saturated heterocycles. The molecule has 0 saturated carbocycles. The highest BCUT2D eigenvalue weighted by Gasteiger charge is 2.47. The molecule has 0 spiro atoms. The second kappa shape index (κ2) is 12.2. The van der Waals surface area contributed by atoms with E-state index in [0.29, 0.717) is 5.52 Å². The second-order valence-electron chi connectivity index (χ2n) is 10.3. The van der Waals surface area contributed by atoms with Crippen LogP contribution in [-0.2, 0) is 36.2 Å². The summed E-state index contributed by atoms with van der Waals surface area (Å²) in [6.45, 7) is 2.25. The highest BCUT2D eigenvalue weighted by atomic mass is 32.7. The number of hydrogen-bond acceptors (Lipinski definition) is 14. The first-order chi connectivity index (χ1) is 19.6. The molecule has 0 aromatic carbocycles. The van der Waals surface area contributed by atoms with Gasteiger partial charge in [0.2, 0.25) is 17.7 Å². The third kappa shape index (κ3) is 6.74. The van der Waals surface area contributed by atoms with Crippen molar-refractivity contribution in [1.82, 2.24) is 34.2 Å². The molecule has 17 nitrogen and oxygen atoms in total. The van der Waals surface area contributed by atoms with Crippen LogP contribution in [0, 0.1) is 0 Å². The van der Waals surface area contributed by atoms with Crippen LogP contribution in [0.5, 0.6) is 11.8 Å². The summed E-state index contributed by atoms with van der Waals surface area (Å²) in [5.74, 6) is -0.979. The smallest absolute Gasteiger partial charge is 0.328 e. The molecule has 42 heavy (non-hydrogen) atoms. The number of rotatable bonds is 12. The fourth-order valence-electron chi connectivity index (χ4n) is 4.36. The van der Waals surface area contributed by atoms with Gasteiger partial charge < -0.3 is 39.7 Å². The Morgan fingerprint density at radius 2 is 2.12 bits per heavy atom.